The number of hydrazone groups is 1. The normalized spacial score (nSPS) is 11.6. The number of nitrogens with zero attached hydrogens (tertiary/aromatic N) is 3. The number of carbonyl (C=O) groups excluding carboxylic acids is 1. The van der Waals surface area contributed by atoms with Crippen molar-refractivity contribution in [2.45, 2.75) is 4.90 Å². The summed E-state index contributed by atoms with van der Waals surface area (Å²) in [5.74, 6) is -0.623. The Bertz CT molecular complexity index is 884. The van der Waals surface area contributed by atoms with Crippen molar-refractivity contribution in [1.29, 1.82) is 5.26 Å². The van der Waals surface area contributed by atoms with Gasteiger partial charge in [0.25, 0.3) is 0 Å². The molecule has 0 spiro atoms. The maximum absolute atomic E-state index is 12.0. The van der Waals surface area contributed by atoms with Crippen LogP contribution in [0.1, 0.15) is 10.5 Å². The van der Waals surface area contributed by atoms with Crippen LogP contribution < -0.4 is 10.6 Å². The van der Waals surface area contributed by atoms with Crippen molar-refractivity contribution in [3.05, 3.63) is 54.4 Å². The van der Waals surface area contributed by atoms with Crippen molar-refractivity contribution in [2.75, 3.05) is 5.43 Å². The number of nitriles is 1. The highest BCUT2D eigenvalue weighted by Gasteiger charge is 2.15. The Kier molecular flexibility index (Phi) is 4.80. The van der Waals surface area contributed by atoms with Crippen molar-refractivity contribution in [2.24, 2.45) is 10.2 Å². The number of rotatable bonds is 5. The largest absolute Gasteiger partial charge is 0.284 e. The molecule has 23 heavy (non-hydrogen) atoms. The van der Waals surface area contributed by atoms with E-state index in [1.54, 1.807) is 18.2 Å². The van der Waals surface area contributed by atoms with Gasteiger partial charge in [-0.1, -0.05) is 6.07 Å². The quantitative estimate of drug-likeness (QED) is 0.475. The number of anilines is 1. The fourth-order valence-corrected chi connectivity index (χ4v) is 2.10. The zero-order chi connectivity index (χ0) is 16.9. The van der Waals surface area contributed by atoms with E-state index in [1.807, 2.05) is 0 Å². The monoisotopic (exact) mass is 329 g/mol. The van der Waals surface area contributed by atoms with Crippen LogP contribution in [0.3, 0.4) is 0 Å². The van der Waals surface area contributed by atoms with Gasteiger partial charge in [0.1, 0.15) is 11.8 Å². The number of carbonyl (C=O) groups is 1. The number of nitrogens with one attached hydrogen (secondary N) is 1. The molecule has 2 rings (SSSR count). The molecule has 1 aromatic heterocycles. The first-order valence-electron chi connectivity index (χ1n) is 6.24. The van der Waals surface area contributed by atoms with E-state index >= 15 is 0 Å². The average molecular weight is 329 g/mol. The van der Waals surface area contributed by atoms with Crippen molar-refractivity contribution in [3.63, 3.8) is 0 Å². The topological polar surface area (TPSA) is 138 Å². The van der Waals surface area contributed by atoms with Crippen LogP contribution in [0, 0.1) is 11.3 Å². The van der Waals surface area contributed by atoms with Crippen LogP contribution in [0.25, 0.3) is 0 Å². The summed E-state index contributed by atoms with van der Waals surface area (Å²) in [6.45, 7) is 0. The Balaban J connectivity index is 2.17. The molecule has 0 aliphatic heterocycles. The molecule has 0 unspecified atom stereocenters. The van der Waals surface area contributed by atoms with Crippen LogP contribution in [0.4, 0.5) is 5.69 Å². The van der Waals surface area contributed by atoms with E-state index in [1.165, 1.54) is 36.5 Å². The number of sulfonamides is 1. The predicted octanol–water partition coefficient (Wildman–Crippen LogP) is 0.903. The fourth-order valence-electron chi connectivity index (χ4n) is 1.58. The second-order valence-corrected chi connectivity index (χ2v) is 5.86. The van der Waals surface area contributed by atoms with Gasteiger partial charge in [-0.2, -0.15) is 10.4 Å². The minimum absolute atomic E-state index is 0.0582. The van der Waals surface area contributed by atoms with Gasteiger partial charge >= 0.3 is 0 Å². The van der Waals surface area contributed by atoms with Gasteiger partial charge in [0.05, 0.1) is 10.6 Å². The van der Waals surface area contributed by atoms with Crippen molar-refractivity contribution >= 4 is 27.2 Å². The van der Waals surface area contributed by atoms with E-state index in [0.717, 1.165) is 0 Å². The zero-order valence-electron chi connectivity index (χ0n) is 11.7. The van der Waals surface area contributed by atoms with Crippen LogP contribution in [0.15, 0.2) is 58.7 Å². The molecule has 0 aliphatic rings. The molecule has 0 saturated carbocycles. The molecule has 0 atom stereocenters. The molecular formula is C14H11N5O3S. The summed E-state index contributed by atoms with van der Waals surface area (Å²) in [5.41, 5.74) is 2.61. The maximum atomic E-state index is 12.0. The number of hydrogen-bond acceptors (Lipinski definition) is 7. The molecule has 0 saturated heterocycles. The molecule has 116 valence electrons. The molecule has 2 aromatic rings. The van der Waals surface area contributed by atoms with E-state index in [0.29, 0.717) is 5.69 Å². The average Bonchev–Trinajstić information content (AvgIpc) is 2.55. The Morgan fingerprint density at radius 1 is 1.22 bits per heavy atom. The summed E-state index contributed by atoms with van der Waals surface area (Å²) in [7, 11) is -3.78. The highest BCUT2D eigenvalue weighted by molar-refractivity contribution is 7.89. The summed E-state index contributed by atoms with van der Waals surface area (Å²) in [4.78, 5) is 15.8. The van der Waals surface area contributed by atoms with E-state index in [4.69, 9.17) is 10.4 Å². The molecule has 0 radical (unpaired) electrons. The maximum Gasteiger partial charge on any atom is 0.242 e. The number of Topliss-reactive ketones (excluding diaryl/α,β-unsaturated/α-hetero) is 1. The number of primary sulfonamides is 1. The van der Waals surface area contributed by atoms with Crippen LogP contribution >= 0.6 is 0 Å². The molecule has 3 N–H and O–H groups in total. The Morgan fingerprint density at radius 3 is 2.43 bits per heavy atom. The van der Waals surface area contributed by atoms with Crippen LogP contribution in [0.2, 0.25) is 0 Å². The standard InChI is InChI=1S/C14H11N5O3S/c15-9-13(14(20)12-3-1-2-8-17-12)19-18-10-4-6-11(7-5-10)23(16,21)22/h1-8,18H,(H2,16,21,22)/b19-13+. The van der Waals surface area contributed by atoms with E-state index in [-0.39, 0.29) is 16.3 Å². The fraction of sp³-hybridized carbons (Fsp3) is 0. The van der Waals surface area contributed by atoms with E-state index in [9.17, 15) is 13.2 Å². The number of nitrogens with two attached hydrogens (primary N) is 1. The minimum atomic E-state index is -3.78. The third-order valence-corrected chi connectivity index (χ3v) is 3.63. The number of benzene rings is 1. The van der Waals surface area contributed by atoms with Gasteiger partial charge in [0.15, 0.2) is 0 Å². The molecule has 0 fully saturated rings. The summed E-state index contributed by atoms with van der Waals surface area (Å²) < 4.78 is 22.3. The first kappa shape index (κ1) is 16.3. The van der Waals surface area contributed by atoms with Crippen molar-refractivity contribution in [3.8, 4) is 6.07 Å². The number of pyridine rings is 1. The molecule has 8 nitrogen and oxygen atoms in total. The van der Waals surface area contributed by atoms with Gasteiger partial charge in [0.2, 0.25) is 21.5 Å². The lowest BCUT2D eigenvalue weighted by molar-refractivity contribution is 0.106. The van der Waals surface area contributed by atoms with E-state index < -0.39 is 15.8 Å². The van der Waals surface area contributed by atoms with Gasteiger partial charge in [-0.05, 0) is 36.4 Å². The smallest absolute Gasteiger partial charge is 0.242 e. The SMILES string of the molecule is N#C/C(=N\Nc1ccc(S(N)(=O)=O)cc1)C(=O)c1ccccn1. The first-order valence-corrected chi connectivity index (χ1v) is 7.79. The number of aromatic nitrogens is 1. The first-order chi connectivity index (χ1) is 10.9. The summed E-state index contributed by atoms with van der Waals surface area (Å²) in [6, 6.07) is 11.8. The molecule has 1 aromatic carbocycles. The molecule has 0 aliphatic carbocycles. The van der Waals surface area contributed by atoms with Crippen molar-refractivity contribution in [1.82, 2.24) is 4.98 Å². The third kappa shape index (κ3) is 4.19. The minimum Gasteiger partial charge on any atom is -0.284 e. The van der Waals surface area contributed by atoms with Gasteiger partial charge in [-0.3, -0.25) is 15.2 Å². The highest BCUT2D eigenvalue weighted by atomic mass is 32.2. The summed E-state index contributed by atoms with van der Waals surface area (Å²) >= 11 is 0. The molecule has 1 heterocycles. The predicted molar refractivity (Wildman–Crippen MR) is 83.1 cm³/mol. The van der Waals surface area contributed by atoms with Gasteiger partial charge in [0, 0.05) is 6.20 Å². The highest BCUT2D eigenvalue weighted by Crippen LogP contribution is 2.12. The van der Waals surface area contributed by atoms with Crippen LogP contribution in [-0.2, 0) is 10.0 Å². The summed E-state index contributed by atoms with van der Waals surface area (Å²) in [6.07, 6.45) is 1.43. The number of ketones is 1. The van der Waals surface area contributed by atoms with Gasteiger partial charge in [-0.15, -0.1) is 0 Å². The van der Waals surface area contributed by atoms with Crippen LogP contribution in [-0.4, -0.2) is 24.9 Å². The zero-order valence-corrected chi connectivity index (χ0v) is 12.5. The second-order valence-electron chi connectivity index (χ2n) is 4.30. The second kappa shape index (κ2) is 6.78. The molecule has 0 amide bonds. The van der Waals surface area contributed by atoms with Gasteiger partial charge in [-0.25, -0.2) is 13.6 Å². The Hall–Kier alpha value is -3.09. The van der Waals surface area contributed by atoms with Crippen molar-refractivity contribution < 1.29 is 13.2 Å². The lowest BCUT2D eigenvalue weighted by Gasteiger charge is -2.03. The van der Waals surface area contributed by atoms with Crippen LogP contribution in [0.5, 0.6) is 0 Å². The molecular weight excluding hydrogens is 318 g/mol. The molecule has 0 bridgehead atoms. The van der Waals surface area contributed by atoms with E-state index in [2.05, 4.69) is 15.5 Å². The Labute approximate surface area is 132 Å². The third-order valence-electron chi connectivity index (χ3n) is 2.70. The summed E-state index contributed by atoms with van der Waals surface area (Å²) in [5, 5.41) is 17.7. The van der Waals surface area contributed by atoms with Gasteiger partial charge < -0.3 is 0 Å². The Morgan fingerprint density at radius 2 is 1.91 bits per heavy atom. The lowest BCUT2D eigenvalue weighted by atomic mass is 10.2. The molecule has 9 heteroatoms. The lowest BCUT2D eigenvalue weighted by Crippen LogP contribution is -2.15. The number of hydrogen-bond donors (Lipinski definition) is 2.